The molecule has 26 heavy (non-hydrogen) atoms. The Morgan fingerprint density at radius 1 is 0.846 bits per heavy atom. The van der Waals surface area contributed by atoms with Gasteiger partial charge in [-0.2, -0.15) is 0 Å². The second kappa shape index (κ2) is 6.43. The predicted octanol–water partition coefficient (Wildman–Crippen LogP) is 3.86. The topological polar surface area (TPSA) is 46.5 Å². The number of benzene rings is 3. The monoisotopic (exact) mass is 344 g/mol. The summed E-state index contributed by atoms with van der Waals surface area (Å²) in [5.74, 6) is -1.17. The van der Waals surface area contributed by atoms with E-state index in [1.54, 1.807) is 0 Å². The fraction of sp³-hybridized carbons (Fsp3) is 0.174. The molecule has 0 heterocycles. The molecule has 2 unspecified atom stereocenters. The minimum Gasteiger partial charge on any atom is -0.469 e. The second-order valence-corrected chi connectivity index (χ2v) is 6.57. The first-order valence-corrected chi connectivity index (χ1v) is 8.67. The number of methoxy groups -OCH3 is 1. The first kappa shape index (κ1) is 16.6. The van der Waals surface area contributed by atoms with Crippen LogP contribution in [0.4, 0.5) is 0 Å². The smallest absolute Gasteiger partial charge is 0.313 e. The van der Waals surface area contributed by atoms with E-state index in [1.165, 1.54) is 7.11 Å². The average molecular weight is 344 g/mol. The summed E-state index contributed by atoms with van der Waals surface area (Å²) in [6, 6.07) is 27.5. The van der Waals surface area contributed by atoms with Crippen LogP contribution >= 0.6 is 0 Å². The van der Waals surface area contributed by atoms with Crippen molar-refractivity contribution in [3.05, 3.63) is 107 Å². The van der Waals surface area contributed by atoms with Gasteiger partial charge in [-0.25, -0.2) is 0 Å². The highest BCUT2D eigenvalue weighted by molar-refractivity contribution is 5.81. The summed E-state index contributed by atoms with van der Waals surface area (Å²) >= 11 is 0. The van der Waals surface area contributed by atoms with Gasteiger partial charge in [0.1, 0.15) is 5.92 Å². The molecule has 3 aromatic rings. The SMILES string of the molecule is COC(=O)C1C(O)c2ccccc2C1(c1ccccc1)c1ccccc1. The quantitative estimate of drug-likeness (QED) is 0.734. The number of hydrogen-bond acceptors (Lipinski definition) is 3. The van der Waals surface area contributed by atoms with E-state index in [2.05, 4.69) is 0 Å². The fourth-order valence-corrected chi connectivity index (χ4v) is 4.37. The van der Waals surface area contributed by atoms with E-state index in [1.807, 2.05) is 84.9 Å². The number of carbonyl (C=O) groups excluding carboxylic acids is 1. The van der Waals surface area contributed by atoms with E-state index in [-0.39, 0.29) is 0 Å². The number of rotatable bonds is 3. The number of esters is 1. The minimum atomic E-state index is -0.931. The standard InChI is InChI=1S/C23H20O3/c1-26-22(25)20-21(24)18-14-8-9-15-19(18)23(20,16-10-4-2-5-11-16)17-12-6-3-7-13-17/h2-15,20-21,24H,1H3. The van der Waals surface area contributed by atoms with Crippen LogP contribution < -0.4 is 0 Å². The van der Waals surface area contributed by atoms with E-state index >= 15 is 0 Å². The highest BCUT2D eigenvalue weighted by atomic mass is 16.5. The van der Waals surface area contributed by atoms with Crippen LogP contribution in [0.3, 0.4) is 0 Å². The zero-order valence-corrected chi connectivity index (χ0v) is 14.5. The maximum atomic E-state index is 12.9. The molecule has 1 aliphatic carbocycles. The van der Waals surface area contributed by atoms with Gasteiger partial charge in [-0.1, -0.05) is 84.9 Å². The predicted molar refractivity (Wildman–Crippen MR) is 99.7 cm³/mol. The molecular weight excluding hydrogens is 324 g/mol. The Balaban J connectivity index is 2.12. The molecule has 4 rings (SSSR count). The van der Waals surface area contributed by atoms with Crippen molar-refractivity contribution in [2.75, 3.05) is 7.11 Å². The number of fused-ring (bicyclic) bond motifs is 1. The van der Waals surface area contributed by atoms with Gasteiger partial charge in [-0.3, -0.25) is 4.79 Å². The van der Waals surface area contributed by atoms with E-state index in [4.69, 9.17) is 4.74 Å². The number of aliphatic hydroxyl groups excluding tert-OH is 1. The van der Waals surface area contributed by atoms with E-state index in [9.17, 15) is 9.90 Å². The molecule has 130 valence electrons. The Kier molecular flexibility index (Phi) is 4.09. The van der Waals surface area contributed by atoms with Gasteiger partial charge in [0.05, 0.1) is 18.6 Å². The van der Waals surface area contributed by atoms with Crippen LogP contribution in [0, 0.1) is 5.92 Å². The van der Waals surface area contributed by atoms with Gasteiger partial charge < -0.3 is 9.84 Å². The van der Waals surface area contributed by atoms with Gasteiger partial charge >= 0.3 is 5.97 Å². The minimum absolute atomic E-state index is 0.415. The van der Waals surface area contributed by atoms with Crippen molar-refractivity contribution in [1.29, 1.82) is 0 Å². The van der Waals surface area contributed by atoms with Crippen molar-refractivity contribution in [3.63, 3.8) is 0 Å². The van der Waals surface area contributed by atoms with Crippen molar-refractivity contribution >= 4 is 5.97 Å². The molecule has 3 nitrogen and oxygen atoms in total. The third kappa shape index (κ3) is 2.21. The molecule has 0 spiro atoms. The fourth-order valence-electron chi connectivity index (χ4n) is 4.37. The van der Waals surface area contributed by atoms with Crippen LogP contribution in [-0.4, -0.2) is 18.2 Å². The highest BCUT2D eigenvalue weighted by Gasteiger charge is 2.57. The van der Waals surface area contributed by atoms with Crippen molar-refractivity contribution < 1.29 is 14.6 Å². The molecule has 0 aliphatic heterocycles. The molecule has 0 radical (unpaired) electrons. The van der Waals surface area contributed by atoms with Gasteiger partial charge in [0, 0.05) is 0 Å². The molecule has 2 atom stereocenters. The zero-order valence-electron chi connectivity index (χ0n) is 14.5. The normalized spacial score (nSPS) is 20.4. The van der Waals surface area contributed by atoms with Crippen molar-refractivity contribution in [3.8, 4) is 0 Å². The van der Waals surface area contributed by atoms with E-state index < -0.39 is 23.4 Å². The summed E-state index contributed by atoms with van der Waals surface area (Å²) in [4.78, 5) is 12.9. The molecule has 0 amide bonds. The first-order chi connectivity index (χ1) is 12.7. The molecule has 0 bridgehead atoms. The summed E-state index contributed by atoms with van der Waals surface area (Å²) in [6.45, 7) is 0. The van der Waals surface area contributed by atoms with Gasteiger partial charge in [-0.15, -0.1) is 0 Å². The summed E-state index contributed by atoms with van der Waals surface area (Å²) < 4.78 is 5.14. The molecular formula is C23H20O3. The van der Waals surface area contributed by atoms with Crippen LogP contribution in [0.1, 0.15) is 28.4 Å². The largest absolute Gasteiger partial charge is 0.469 e. The van der Waals surface area contributed by atoms with Gasteiger partial charge in [0.2, 0.25) is 0 Å². The lowest BCUT2D eigenvalue weighted by atomic mass is 9.65. The summed E-state index contributed by atoms with van der Waals surface area (Å²) in [5.41, 5.74) is 2.85. The second-order valence-electron chi connectivity index (χ2n) is 6.57. The lowest BCUT2D eigenvalue weighted by molar-refractivity contribution is -0.151. The van der Waals surface area contributed by atoms with Crippen molar-refractivity contribution in [2.24, 2.45) is 5.92 Å². The van der Waals surface area contributed by atoms with Crippen LogP contribution in [0.15, 0.2) is 84.9 Å². The zero-order chi connectivity index (χ0) is 18.1. The maximum absolute atomic E-state index is 12.9. The lowest BCUT2D eigenvalue weighted by Crippen LogP contribution is -2.41. The number of aliphatic hydroxyl groups is 1. The summed E-state index contributed by atoms with van der Waals surface area (Å²) in [6.07, 6.45) is -0.931. The number of ether oxygens (including phenoxy) is 1. The van der Waals surface area contributed by atoms with Gasteiger partial charge in [-0.05, 0) is 22.3 Å². The van der Waals surface area contributed by atoms with Crippen molar-refractivity contribution in [2.45, 2.75) is 11.5 Å². The lowest BCUT2D eigenvalue weighted by Gasteiger charge is -2.37. The molecule has 0 saturated heterocycles. The Bertz CT molecular complexity index is 879. The summed E-state index contributed by atoms with van der Waals surface area (Å²) in [7, 11) is 1.37. The molecule has 0 fully saturated rings. The number of hydrogen-bond donors (Lipinski definition) is 1. The third-order valence-electron chi connectivity index (χ3n) is 5.40. The Hall–Kier alpha value is -2.91. The van der Waals surface area contributed by atoms with Gasteiger partial charge in [0.25, 0.3) is 0 Å². The molecule has 1 aliphatic rings. The Morgan fingerprint density at radius 2 is 1.35 bits per heavy atom. The van der Waals surface area contributed by atoms with E-state index in [0.29, 0.717) is 0 Å². The van der Waals surface area contributed by atoms with Gasteiger partial charge in [0.15, 0.2) is 0 Å². The third-order valence-corrected chi connectivity index (χ3v) is 5.40. The average Bonchev–Trinajstić information content (AvgIpc) is 2.99. The van der Waals surface area contributed by atoms with Crippen LogP contribution in [0.25, 0.3) is 0 Å². The number of carbonyl (C=O) groups is 1. The van der Waals surface area contributed by atoms with Crippen molar-refractivity contribution in [1.82, 2.24) is 0 Å². The Labute approximate surface area is 152 Å². The molecule has 1 N–H and O–H groups in total. The summed E-state index contributed by atoms with van der Waals surface area (Å²) in [5, 5.41) is 11.1. The molecule has 3 aromatic carbocycles. The molecule has 3 heteroatoms. The van der Waals surface area contributed by atoms with Crippen LogP contribution in [0.2, 0.25) is 0 Å². The highest BCUT2D eigenvalue weighted by Crippen LogP contribution is 2.57. The first-order valence-electron chi connectivity index (χ1n) is 8.67. The van der Waals surface area contributed by atoms with Crippen LogP contribution in [-0.2, 0) is 14.9 Å². The molecule has 0 saturated carbocycles. The van der Waals surface area contributed by atoms with Crippen LogP contribution in [0.5, 0.6) is 0 Å². The molecule has 0 aromatic heterocycles. The maximum Gasteiger partial charge on any atom is 0.313 e. The Morgan fingerprint density at radius 3 is 1.88 bits per heavy atom. The van der Waals surface area contributed by atoms with E-state index in [0.717, 1.165) is 22.3 Å².